The highest BCUT2D eigenvalue weighted by atomic mass is 16.5. The molecule has 1 aliphatic heterocycles. The molecule has 1 atom stereocenters. The monoisotopic (exact) mass is 245 g/mol. The maximum atomic E-state index is 9.61. The maximum Gasteiger partial charge on any atom is 0.257 e. The first-order valence-corrected chi connectivity index (χ1v) is 6.01. The predicted octanol–water partition coefficient (Wildman–Crippen LogP) is 1.21. The summed E-state index contributed by atoms with van der Waals surface area (Å²) in [5.41, 5.74) is 1.66. The molecule has 0 bridgehead atoms. The zero-order chi connectivity index (χ0) is 12.5. The zero-order valence-corrected chi connectivity index (χ0v) is 10.2. The molecule has 0 aliphatic carbocycles. The first kappa shape index (κ1) is 11.2. The smallest absolute Gasteiger partial charge is 0.257 e. The van der Waals surface area contributed by atoms with E-state index >= 15 is 0 Å². The summed E-state index contributed by atoms with van der Waals surface area (Å²) in [4.78, 5) is 11.1. The highest BCUT2D eigenvalue weighted by Crippen LogP contribution is 2.29. The van der Waals surface area contributed by atoms with Gasteiger partial charge in [-0.1, -0.05) is 12.1 Å². The molecule has 0 amide bonds. The van der Waals surface area contributed by atoms with Crippen molar-refractivity contribution in [3.8, 4) is 5.88 Å². The van der Waals surface area contributed by atoms with Crippen molar-refractivity contribution in [3.05, 3.63) is 24.3 Å². The molecule has 1 aromatic heterocycles. The van der Waals surface area contributed by atoms with Gasteiger partial charge in [0.05, 0.1) is 24.2 Å². The highest BCUT2D eigenvalue weighted by molar-refractivity contribution is 5.77. The third kappa shape index (κ3) is 1.86. The van der Waals surface area contributed by atoms with Gasteiger partial charge in [0.15, 0.2) is 5.82 Å². The molecule has 1 aliphatic rings. The minimum Gasteiger partial charge on any atom is -0.478 e. The molecule has 5 heteroatoms. The number of nitrogens with zero attached hydrogens (tertiary/aromatic N) is 3. The van der Waals surface area contributed by atoms with Crippen LogP contribution in [0.3, 0.4) is 0 Å². The van der Waals surface area contributed by atoms with Gasteiger partial charge in [0.25, 0.3) is 5.88 Å². The van der Waals surface area contributed by atoms with Gasteiger partial charge in [0, 0.05) is 13.1 Å². The lowest BCUT2D eigenvalue weighted by Gasteiger charge is -2.18. The second-order valence-corrected chi connectivity index (χ2v) is 4.43. The number of aromatic nitrogens is 2. The van der Waals surface area contributed by atoms with Crippen LogP contribution in [0.25, 0.3) is 11.0 Å². The van der Waals surface area contributed by atoms with E-state index in [1.807, 2.05) is 29.2 Å². The quantitative estimate of drug-likeness (QED) is 0.861. The van der Waals surface area contributed by atoms with Crippen LogP contribution in [0.5, 0.6) is 5.88 Å². The van der Waals surface area contributed by atoms with Gasteiger partial charge in [-0.25, -0.2) is 9.97 Å². The largest absolute Gasteiger partial charge is 0.478 e. The summed E-state index contributed by atoms with van der Waals surface area (Å²) < 4.78 is 5.30. The normalized spacial score (nSPS) is 19.4. The maximum absolute atomic E-state index is 9.61. The zero-order valence-electron chi connectivity index (χ0n) is 10.2. The molecule has 2 heterocycles. The van der Waals surface area contributed by atoms with Gasteiger partial charge < -0.3 is 14.7 Å². The SMILES string of the molecule is COc1nc2ccccc2nc1N1CC[C@@H](O)C1. The van der Waals surface area contributed by atoms with Crippen molar-refractivity contribution in [2.45, 2.75) is 12.5 Å². The Balaban J connectivity index is 2.09. The number of ether oxygens (including phenoxy) is 1. The van der Waals surface area contributed by atoms with Crippen LogP contribution in [0.15, 0.2) is 24.3 Å². The van der Waals surface area contributed by atoms with Crippen LogP contribution in [0, 0.1) is 0 Å². The molecule has 0 spiro atoms. The number of benzene rings is 1. The van der Waals surface area contributed by atoms with E-state index < -0.39 is 0 Å². The first-order chi connectivity index (χ1) is 8.78. The van der Waals surface area contributed by atoms with E-state index in [2.05, 4.69) is 9.97 Å². The molecular weight excluding hydrogens is 230 g/mol. The molecular formula is C13H15N3O2. The summed E-state index contributed by atoms with van der Waals surface area (Å²) in [6.45, 7) is 1.37. The molecule has 0 saturated carbocycles. The Morgan fingerprint density at radius 1 is 1.28 bits per heavy atom. The molecule has 1 saturated heterocycles. The lowest BCUT2D eigenvalue weighted by Crippen LogP contribution is -2.23. The number of para-hydroxylation sites is 2. The number of hydrogen-bond donors (Lipinski definition) is 1. The van der Waals surface area contributed by atoms with Crippen LogP contribution in [-0.2, 0) is 0 Å². The third-order valence-electron chi connectivity index (χ3n) is 3.18. The number of β-amino-alcohol motifs (C(OH)–C–C–N with tert-alkyl or cyclic N) is 1. The minimum atomic E-state index is -0.289. The van der Waals surface area contributed by atoms with Gasteiger partial charge in [-0.3, -0.25) is 0 Å². The molecule has 18 heavy (non-hydrogen) atoms. The number of aliphatic hydroxyl groups is 1. The molecule has 5 nitrogen and oxygen atoms in total. The Kier molecular flexibility index (Phi) is 2.76. The average molecular weight is 245 g/mol. The minimum absolute atomic E-state index is 0.289. The van der Waals surface area contributed by atoms with Gasteiger partial charge in [-0.05, 0) is 18.6 Å². The van der Waals surface area contributed by atoms with Crippen molar-refractivity contribution in [1.82, 2.24) is 9.97 Å². The average Bonchev–Trinajstić information content (AvgIpc) is 2.83. The molecule has 3 rings (SSSR count). The number of anilines is 1. The number of hydrogen-bond acceptors (Lipinski definition) is 5. The lowest BCUT2D eigenvalue weighted by atomic mass is 10.3. The number of methoxy groups -OCH3 is 1. The molecule has 1 aromatic carbocycles. The third-order valence-corrected chi connectivity index (χ3v) is 3.18. The summed E-state index contributed by atoms with van der Waals surface area (Å²) in [6.07, 6.45) is 0.473. The van der Waals surface area contributed by atoms with Crippen molar-refractivity contribution in [2.75, 3.05) is 25.1 Å². The van der Waals surface area contributed by atoms with E-state index in [1.165, 1.54) is 0 Å². The van der Waals surface area contributed by atoms with E-state index in [4.69, 9.17) is 4.74 Å². The fraction of sp³-hybridized carbons (Fsp3) is 0.385. The second-order valence-electron chi connectivity index (χ2n) is 4.43. The Morgan fingerprint density at radius 2 is 2.00 bits per heavy atom. The Hall–Kier alpha value is -1.88. The van der Waals surface area contributed by atoms with Crippen LogP contribution in [-0.4, -0.2) is 41.4 Å². The van der Waals surface area contributed by atoms with Crippen molar-refractivity contribution in [1.29, 1.82) is 0 Å². The second kappa shape index (κ2) is 4.42. The van der Waals surface area contributed by atoms with Crippen molar-refractivity contribution in [2.24, 2.45) is 0 Å². The predicted molar refractivity (Wildman–Crippen MR) is 68.9 cm³/mol. The van der Waals surface area contributed by atoms with Gasteiger partial charge >= 0.3 is 0 Å². The lowest BCUT2D eigenvalue weighted by molar-refractivity contribution is 0.198. The number of rotatable bonds is 2. The van der Waals surface area contributed by atoms with Gasteiger partial charge in [-0.2, -0.15) is 0 Å². The van der Waals surface area contributed by atoms with Crippen LogP contribution >= 0.6 is 0 Å². The topological polar surface area (TPSA) is 58.5 Å². The number of fused-ring (bicyclic) bond motifs is 1. The van der Waals surface area contributed by atoms with E-state index in [0.717, 1.165) is 24.0 Å². The Bertz CT molecular complexity index is 573. The molecule has 0 radical (unpaired) electrons. The first-order valence-electron chi connectivity index (χ1n) is 6.01. The van der Waals surface area contributed by atoms with Crippen LogP contribution in [0.4, 0.5) is 5.82 Å². The van der Waals surface area contributed by atoms with Crippen molar-refractivity contribution >= 4 is 16.9 Å². The van der Waals surface area contributed by atoms with Crippen LogP contribution < -0.4 is 9.64 Å². The Morgan fingerprint density at radius 3 is 2.61 bits per heavy atom. The standard InChI is InChI=1S/C13H15N3O2/c1-18-13-12(16-7-6-9(17)8-16)14-10-4-2-3-5-11(10)15-13/h2-5,9,17H,6-8H2,1H3/t9-/m1/s1. The van der Waals surface area contributed by atoms with Gasteiger partial charge in [-0.15, -0.1) is 0 Å². The number of aliphatic hydroxyl groups excluding tert-OH is 1. The summed E-state index contributed by atoms with van der Waals surface area (Å²) in [5, 5.41) is 9.61. The van der Waals surface area contributed by atoms with Crippen LogP contribution in [0.2, 0.25) is 0 Å². The molecule has 1 N–H and O–H groups in total. The summed E-state index contributed by atoms with van der Waals surface area (Å²) in [7, 11) is 1.59. The van der Waals surface area contributed by atoms with Crippen molar-refractivity contribution < 1.29 is 9.84 Å². The van der Waals surface area contributed by atoms with Gasteiger partial charge in [0.1, 0.15) is 0 Å². The highest BCUT2D eigenvalue weighted by Gasteiger charge is 2.25. The summed E-state index contributed by atoms with van der Waals surface area (Å²) in [5.74, 6) is 1.23. The Labute approximate surface area is 105 Å². The fourth-order valence-corrected chi connectivity index (χ4v) is 2.25. The van der Waals surface area contributed by atoms with Crippen LogP contribution in [0.1, 0.15) is 6.42 Å². The van der Waals surface area contributed by atoms with Gasteiger partial charge in [0.2, 0.25) is 0 Å². The van der Waals surface area contributed by atoms with E-state index in [1.54, 1.807) is 7.11 Å². The molecule has 1 fully saturated rings. The summed E-state index contributed by atoms with van der Waals surface area (Å²) in [6, 6.07) is 7.70. The molecule has 0 unspecified atom stereocenters. The molecule has 94 valence electrons. The fourth-order valence-electron chi connectivity index (χ4n) is 2.25. The van der Waals surface area contributed by atoms with E-state index in [0.29, 0.717) is 18.2 Å². The van der Waals surface area contributed by atoms with Crippen molar-refractivity contribution in [3.63, 3.8) is 0 Å². The molecule has 2 aromatic rings. The summed E-state index contributed by atoms with van der Waals surface area (Å²) >= 11 is 0. The van der Waals surface area contributed by atoms with E-state index in [-0.39, 0.29) is 6.10 Å². The van der Waals surface area contributed by atoms with E-state index in [9.17, 15) is 5.11 Å².